The molecule has 1 spiro atoms. The van der Waals surface area contributed by atoms with Gasteiger partial charge in [0.15, 0.2) is 0 Å². The van der Waals surface area contributed by atoms with Gasteiger partial charge < -0.3 is 19.9 Å². The van der Waals surface area contributed by atoms with Crippen LogP contribution in [-0.4, -0.2) is 36.4 Å². The summed E-state index contributed by atoms with van der Waals surface area (Å²) >= 11 is 0. The van der Waals surface area contributed by atoms with E-state index in [1.54, 1.807) is 12.1 Å². The molecule has 1 fully saturated rings. The van der Waals surface area contributed by atoms with Crippen molar-refractivity contribution in [3.63, 3.8) is 0 Å². The first-order valence-electron chi connectivity index (χ1n) is 9.13. The quantitative estimate of drug-likeness (QED) is 0.762. The molecule has 2 N–H and O–H groups in total. The van der Waals surface area contributed by atoms with Crippen molar-refractivity contribution < 1.29 is 23.0 Å². The third-order valence-electron chi connectivity index (χ3n) is 6.02. The summed E-state index contributed by atoms with van der Waals surface area (Å²) in [7, 11) is 0. The maximum atomic E-state index is 15.0. The number of aliphatic imine (C=N–C) groups is 1. The Hall–Kier alpha value is -2.74. The topological polar surface area (TPSA) is 79.0 Å². The molecule has 0 unspecified atom stereocenters. The van der Waals surface area contributed by atoms with Gasteiger partial charge in [-0.3, -0.25) is 0 Å². The lowest BCUT2D eigenvalue weighted by molar-refractivity contribution is -0.129. The first-order valence-corrected chi connectivity index (χ1v) is 9.13. The van der Waals surface area contributed by atoms with Crippen LogP contribution in [0.25, 0.3) is 11.1 Å². The predicted molar refractivity (Wildman–Crippen MR) is 96.8 cm³/mol. The van der Waals surface area contributed by atoms with E-state index >= 15 is 0 Å². The molecule has 6 nitrogen and oxygen atoms in total. The number of benzene rings is 1. The van der Waals surface area contributed by atoms with Gasteiger partial charge in [-0.15, -0.1) is 0 Å². The number of amidine groups is 1. The van der Waals surface area contributed by atoms with E-state index in [2.05, 4.69) is 9.98 Å². The predicted octanol–water partition coefficient (Wildman–Crippen LogP) is 2.75. The molecule has 8 heteroatoms. The average molecular weight is 387 g/mol. The highest BCUT2D eigenvalue weighted by Gasteiger charge is 2.60. The molecule has 3 aliphatic rings. The Morgan fingerprint density at radius 3 is 2.86 bits per heavy atom. The van der Waals surface area contributed by atoms with Crippen LogP contribution in [0.1, 0.15) is 18.9 Å². The van der Waals surface area contributed by atoms with Crippen molar-refractivity contribution in [3.05, 3.63) is 47.8 Å². The SMILES string of the molecule is C[C@]12CCOC[C@@H]1[C@@]1(COC(N)=N1)c1cc(-c3cccnc3F)c(F)cc1O2. The zero-order valence-corrected chi connectivity index (χ0v) is 15.2. The lowest BCUT2D eigenvalue weighted by atomic mass is 9.66. The second kappa shape index (κ2) is 5.88. The number of rotatable bonds is 1. The fourth-order valence-electron chi connectivity index (χ4n) is 4.56. The summed E-state index contributed by atoms with van der Waals surface area (Å²) in [5.41, 5.74) is 5.16. The highest BCUT2D eigenvalue weighted by atomic mass is 19.1. The van der Waals surface area contributed by atoms with Crippen LogP contribution in [0.3, 0.4) is 0 Å². The van der Waals surface area contributed by atoms with Gasteiger partial charge in [0, 0.05) is 35.4 Å². The van der Waals surface area contributed by atoms with Crippen LogP contribution in [0, 0.1) is 17.7 Å². The number of hydrogen-bond donors (Lipinski definition) is 1. The molecule has 0 saturated carbocycles. The molecule has 0 aliphatic carbocycles. The maximum Gasteiger partial charge on any atom is 0.283 e. The number of fused-ring (bicyclic) bond motifs is 4. The molecular formula is C20H19F2N3O3. The second-order valence-electron chi connectivity index (χ2n) is 7.63. The van der Waals surface area contributed by atoms with Gasteiger partial charge in [0.1, 0.15) is 29.3 Å². The molecule has 5 rings (SSSR count). The van der Waals surface area contributed by atoms with E-state index in [1.807, 2.05) is 6.92 Å². The van der Waals surface area contributed by atoms with Gasteiger partial charge in [-0.05, 0) is 25.1 Å². The van der Waals surface area contributed by atoms with Gasteiger partial charge in [0.2, 0.25) is 5.95 Å². The van der Waals surface area contributed by atoms with Crippen LogP contribution in [-0.2, 0) is 15.0 Å². The fourth-order valence-corrected chi connectivity index (χ4v) is 4.56. The van der Waals surface area contributed by atoms with E-state index in [-0.39, 0.29) is 29.7 Å². The van der Waals surface area contributed by atoms with Crippen molar-refractivity contribution in [3.8, 4) is 16.9 Å². The van der Waals surface area contributed by atoms with Crippen LogP contribution in [0.15, 0.2) is 35.5 Å². The number of aromatic nitrogens is 1. The lowest BCUT2D eigenvalue weighted by Crippen LogP contribution is -2.59. The summed E-state index contributed by atoms with van der Waals surface area (Å²) < 4.78 is 46.7. The van der Waals surface area contributed by atoms with E-state index in [1.165, 1.54) is 18.3 Å². The van der Waals surface area contributed by atoms with Gasteiger partial charge in [-0.1, -0.05) is 0 Å². The van der Waals surface area contributed by atoms with Gasteiger partial charge in [0.25, 0.3) is 6.02 Å². The molecule has 0 bridgehead atoms. The Bertz CT molecular complexity index is 999. The van der Waals surface area contributed by atoms with Crippen molar-refractivity contribution in [2.75, 3.05) is 19.8 Å². The van der Waals surface area contributed by atoms with Crippen LogP contribution in [0.2, 0.25) is 0 Å². The van der Waals surface area contributed by atoms with Crippen LogP contribution in [0.5, 0.6) is 5.75 Å². The zero-order valence-electron chi connectivity index (χ0n) is 15.2. The number of hydrogen-bond acceptors (Lipinski definition) is 6. The second-order valence-corrected chi connectivity index (χ2v) is 7.63. The molecule has 146 valence electrons. The summed E-state index contributed by atoms with van der Waals surface area (Å²) in [4.78, 5) is 8.25. The Kier molecular flexibility index (Phi) is 3.64. The van der Waals surface area contributed by atoms with Crippen molar-refractivity contribution >= 4 is 6.02 Å². The molecule has 0 radical (unpaired) electrons. The zero-order chi connectivity index (χ0) is 19.5. The Morgan fingerprint density at radius 1 is 1.25 bits per heavy atom. The summed E-state index contributed by atoms with van der Waals surface area (Å²) in [6.45, 7) is 3.12. The van der Waals surface area contributed by atoms with Crippen molar-refractivity contribution in [1.29, 1.82) is 0 Å². The van der Waals surface area contributed by atoms with E-state index in [4.69, 9.17) is 19.9 Å². The molecule has 28 heavy (non-hydrogen) atoms. The standard InChI is InChI=1S/C20H19F2N3O3/c1-19-4-6-26-9-16(19)20(10-27-18(23)25-20)13-7-12(14(21)8-15(13)28-19)11-3-2-5-24-17(11)22/h2-3,5,7-8,16H,4,6,9-10H2,1H3,(H2,23,25)/t16-,19-,20+/m0/s1. The summed E-state index contributed by atoms with van der Waals surface area (Å²) in [6, 6.07) is 5.98. The van der Waals surface area contributed by atoms with Crippen LogP contribution < -0.4 is 10.5 Å². The van der Waals surface area contributed by atoms with Crippen molar-refractivity contribution in [2.24, 2.45) is 16.6 Å². The highest BCUT2D eigenvalue weighted by molar-refractivity contribution is 5.75. The molecular weight excluding hydrogens is 368 g/mol. The molecule has 1 aromatic heterocycles. The van der Waals surface area contributed by atoms with E-state index in [9.17, 15) is 8.78 Å². The Balaban J connectivity index is 1.75. The molecule has 1 saturated heterocycles. The number of ether oxygens (including phenoxy) is 3. The Labute approximate surface area is 160 Å². The molecule has 4 heterocycles. The van der Waals surface area contributed by atoms with Crippen molar-refractivity contribution in [1.82, 2.24) is 4.98 Å². The van der Waals surface area contributed by atoms with Gasteiger partial charge in [-0.2, -0.15) is 4.39 Å². The molecule has 2 aromatic rings. The third-order valence-corrected chi connectivity index (χ3v) is 6.02. The monoisotopic (exact) mass is 387 g/mol. The number of halogens is 2. The van der Waals surface area contributed by atoms with Gasteiger partial charge >= 0.3 is 0 Å². The number of pyridine rings is 1. The van der Waals surface area contributed by atoms with Crippen LogP contribution >= 0.6 is 0 Å². The van der Waals surface area contributed by atoms with Gasteiger partial charge in [0.05, 0.1) is 19.1 Å². The molecule has 3 aliphatic heterocycles. The first kappa shape index (κ1) is 17.4. The molecule has 0 amide bonds. The molecule has 3 atom stereocenters. The third kappa shape index (κ3) is 2.33. The lowest BCUT2D eigenvalue weighted by Gasteiger charge is -2.52. The van der Waals surface area contributed by atoms with E-state index in [0.29, 0.717) is 30.9 Å². The van der Waals surface area contributed by atoms with Crippen LogP contribution in [0.4, 0.5) is 8.78 Å². The smallest absolute Gasteiger partial charge is 0.283 e. The number of nitrogens with zero attached hydrogens (tertiary/aromatic N) is 2. The largest absolute Gasteiger partial charge is 0.486 e. The van der Waals surface area contributed by atoms with E-state index < -0.39 is 22.9 Å². The minimum Gasteiger partial charge on any atom is -0.486 e. The minimum absolute atomic E-state index is 0.0687. The Morgan fingerprint density at radius 2 is 2.11 bits per heavy atom. The molecule has 1 aromatic carbocycles. The normalized spacial score (nSPS) is 30.8. The number of nitrogens with two attached hydrogens (primary N) is 1. The fraction of sp³-hybridized carbons (Fsp3) is 0.400. The first-order chi connectivity index (χ1) is 13.4. The summed E-state index contributed by atoms with van der Waals surface area (Å²) in [5.74, 6) is -1.15. The maximum absolute atomic E-state index is 15.0. The summed E-state index contributed by atoms with van der Waals surface area (Å²) in [6.07, 6.45) is 1.95. The van der Waals surface area contributed by atoms with Gasteiger partial charge in [-0.25, -0.2) is 14.4 Å². The minimum atomic E-state index is -0.881. The van der Waals surface area contributed by atoms with E-state index in [0.717, 1.165) is 0 Å². The summed E-state index contributed by atoms with van der Waals surface area (Å²) in [5, 5.41) is 0. The van der Waals surface area contributed by atoms with Crippen molar-refractivity contribution in [2.45, 2.75) is 24.5 Å². The average Bonchev–Trinajstić information content (AvgIpc) is 3.04. The highest BCUT2D eigenvalue weighted by Crippen LogP contribution is 2.55.